The van der Waals surface area contributed by atoms with Crippen LogP contribution in [-0.2, 0) is 6.42 Å². The topological polar surface area (TPSA) is 33.6 Å². The number of aliphatic imine (C=N–C) groups is 1. The molecule has 0 aliphatic carbocycles. The molecule has 32 heavy (non-hydrogen) atoms. The molecule has 0 amide bonds. The Morgan fingerprint density at radius 3 is 2.12 bits per heavy atom. The molecule has 1 N–H and O–H groups in total. The van der Waals surface area contributed by atoms with Gasteiger partial charge >= 0.3 is 6.18 Å². The molecule has 0 saturated heterocycles. The lowest BCUT2D eigenvalue weighted by atomic mass is 10.0. The van der Waals surface area contributed by atoms with Gasteiger partial charge in [-0.25, -0.2) is 0 Å². The van der Waals surface area contributed by atoms with Crippen molar-refractivity contribution in [3.05, 3.63) is 102 Å². The molecule has 0 aliphatic rings. The zero-order valence-electron chi connectivity index (χ0n) is 18.0. The van der Waals surface area contributed by atoms with Gasteiger partial charge < -0.3 is 10.1 Å². The van der Waals surface area contributed by atoms with Crippen molar-refractivity contribution in [3.63, 3.8) is 0 Å². The lowest BCUT2D eigenvalue weighted by molar-refractivity contribution is -0.151. The summed E-state index contributed by atoms with van der Waals surface area (Å²) in [5.41, 5.74) is 4.14. The molecule has 0 radical (unpaired) electrons. The maximum absolute atomic E-state index is 12.5. The molecule has 3 aromatic rings. The standard InChI is InChI=1S/C26H27F3N2O/c1-20(26(27,28)29)30-17-18-32-24-14-8-9-21(19-24)15-16-31-25(22-10-4-2-5-11-22)23-12-6-3-7-13-23/h2-14,19-20,30H,15-18H2,1H3. The summed E-state index contributed by atoms with van der Waals surface area (Å²) < 4.78 is 43.2. The molecule has 0 heterocycles. The van der Waals surface area contributed by atoms with E-state index in [0.717, 1.165) is 35.7 Å². The van der Waals surface area contributed by atoms with Crippen LogP contribution in [0.5, 0.6) is 5.75 Å². The minimum absolute atomic E-state index is 0.118. The summed E-state index contributed by atoms with van der Waals surface area (Å²) in [5.74, 6) is 0.638. The van der Waals surface area contributed by atoms with E-state index in [2.05, 4.69) is 5.32 Å². The summed E-state index contributed by atoms with van der Waals surface area (Å²) in [5, 5.41) is 2.42. The van der Waals surface area contributed by atoms with Gasteiger partial charge in [0.15, 0.2) is 0 Å². The molecule has 0 aliphatic heterocycles. The van der Waals surface area contributed by atoms with Crippen molar-refractivity contribution in [1.29, 1.82) is 0 Å². The number of hydrogen-bond acceptors (Lipinski definition) is 3. The minimum Gasteiger partial charge on any atom is -0.492 e. The highest BCUT2D eigenvalue weighted by molar-refractivity contribution is 6.12. The predicted molar refractivity (Wildman–Crippen MR) is 123 cm³/mol. The van der Waals surface area contributed by atoms with Gasteiger partial charge in [0.1, 0.15) is 18.4 Å². The van der Waals surface area contributed by atoms with Crippen molar-refractivity contribution in [1.82, 2.24) is 5.32 Å². The van der Waals surface area contributed by atoms with Gasteiger partial charge in [0.25, 0.3) is 0 Å². The fourth-order valence-corrected chi connectivity index (χ4v) is 3.19. The highest BCUT2D eigenvalue weighted by Crippen LogP contribution is 2.19. The highest BCUT2D eigenvalue weighted by atomic mass is 19.4. The van der Waals surface area contributed by atoms with E-state index in [1.54, 1.807) is 6.07 Å². The number of hydrogen-bond donors (Lipinski definition) is 1. The maximum Gasteiger partial charge on any atom is 0.403 e. The Bertz CT molecular complexity index is 947. The highest BCUT2D eigenvalue weighted by Gasteiger charge is 2.35. The summed E-state index contributed by atoms with van der Waals surface area (Å²) in [6, 6.07) is 26.2. The van der Waals surface area contributed by atoms with Crippen LogP contribution in [-0.4, -0.2) is 37.6 Å². The van der Waals surface area contributed by atoms with E-state index in [9.17, 15) is 13.2 Å². The quantitative estimate of drug-likeness (QED) is 0.325. The molecule has 168 valence electrons. The van der Waals surface area contributed by atoms with Gasteiger partial charge in [-0.15, -0.1) is 0 Å². The van der Waals surface area contributed by atoms with Crippen molar-refractivity contribution < 1.29 is 17.9 Å². The van der Waals surface area contributed by atoms with Gasteiger partial charge in [-0.05, 0) is 31.0 Å². The van der Waals surface area contributed by atoms with E-state index < -0.39 is 12.2 Å². The third-order valence-corrected chi connectivity index (χ3v) is 4.98. The maximum atomic E-state index is 12.5. The van der Waals surface area contributed by atoms with E-state index >= 15 is 0 Å². The third-order valence-electron chi connectivity index (χ3n) is 4.98. The van der Waals surface area contributed by atoms with Crippen molar-refractivity contribution in [2.24, 2.45) is 4.99 Å². The van der Waals surface area contributed by atoms with E-state index in [4.69, 9.17) is 9.73 Å². The number of alkyl halides is 3. The number of rotatable bonds is 10. The molecule has 0 bridgehead atoms. The minimum atomic E-state index is -4.25. The van der Waals surface area contributed by atoms with E-state index in [0.29, 0.717) is 12.3 Å². The summed E-state index contributed by atoms with van der Waals surface area (Å²) >= 11 is 0. The average Bonchev–Trinajstić information content (AvgIpc) is 2.80. The fraction of sp³-hybridized carbons (Fsp3) is 0.269. The van der Waals surface area contributed by atoms with E-state index in [1.165, 1.54) is 0 Å². The molecular formula is C26H27F3N2O. The van der Waals surface area contributed by atoms with Gasteiger partial charge in [0.2, 0.25) is 0 Å². The molecule has 1 unspecified atom stereocenters. The molecule has 0 spiro atoms. The molecule has 1 atom stereocenters. The monoisotopic (exact) mass is 440 g/mol. The first-order valence-corrected chi connectivity index (χ1v) is 10.6. The Morgan fingerprint density at radius 1 is 0.906 bits per heavy atom. The van der Waals surface area contributed by atoms with Crippen molar-refractivity contribution in [3.8, 4) is 5.75 Å². The number of halogens is 3. The van der Waals surface area contributed by atoms with Crippen LogP contribution >= 0.6 is 0 Å². The first kappa shape index (κ1) is 23.5. The second kappa shape index (κ2) is 11.5. The zero-order chi connectivity index (χ0) is 22.8. The van der Waals surface area contributed by atoms with E-state index in [-0.39, 0.29) is 13.2 Å². The Hall–Kier alpha value is -3.12. The molecule has 0 fully saturated rings. The number of benzene rings is 3. The Labute approximate surface area is 187 Å². The molecular weight excluding hydrogens is 413 g/mol. The first-order valence-electron chi connectivity index (χ1n) is 10.6. The smallest absolute Gasteiger partial charge is 0.403 e. The average molecular weight is 441 g/mol. The third kappa shape index (κ3) is 7.24. The van der Waals surface area contributed by atoms with Crippen LogP contribution in [0.2, 0.25) is 0 Å². The summed E-state index contributed by atoms with van der Waals surface area (Å²) in [7, 11) is 0. The lowest BCUT2D eigenvalue weighted by Gasteiger charge is -2.17. The summed E-state index contributed by atoms with van der Waals surface area (Å²) in [6.45, 7) is 1.98. The van der Waals surface area contributed by atoms with Crippen LogP contribution in [0, 0.1) is 0 Å². The Balaban J connectivity index is 1.58. The Kier molecular flexibility index (Phi) is 8.45. The van der Waals surface area contributed by atoms with Gasteiger partial charge in [-0.3, -0.25) is 4.99 Å². The van der Waals surface area contributed by atoms with Gasteiger partial charge in [0.05, 0.1) is 5.71 Å². The summed E-state index contributed by atoms with van der Waals surface area (Å²) in [6.07, 6.45) is -3.53. The van der Waals surface area contributed by atoms with Crippen molar-refractivity contribution in [2.75, 3.05) is 19.7 Å². The van der Waals surface area contributed by atoms with Crippen LogP contribution in [0.1, 0.15) is 23.6 Å². The number of nitrogens with one attached hydrogen (secondary N) is 1. The van der Waals surface area contributed by atoms with Crippen LogP contribution in [0.4, 0.5) is 13.2 Å². The molecule has 3 rings (SSSR count). The molecule has 3 aromatic carbocycles. The number of ether oxygens (including phenoxy) is 1. The molecule has 6 heteroatoms. The normalized spacial score (nSPS) is 12.2. The van der Waals surface area contributed by atoms with Crippen molar-refractivity contribution >= 4 is 5.71 Å². The second-order valence-corrected chi connectivity index (χ2v) is 7.43. The van der Waals surface area contributed by atoms with Crippen LogP contribution in [0.3, 0.4) is 0 Å². The SMILES string of the molecule is CC(NCCOc1cccc(CCN=C(c2ccccc2)c2ccccc2)c1)C(F)(F)F. The van der Waals surface area contributed by atoms with Crippen LogP contribution in [0.15, 0.2) is 89.9 Å². The second-order valence-electron chi connectivity index (χ2n) is 7.43. The predicted octanol–water partition coefficient (Wildman–Crippen LogP) is 5.69. The molecule has 0 aromatic heterocycles. The van der Waals surface area contributed by atoms with Crippen LogP contribution in [0.25, 0.3) is 0 Å². The first-order chi connectivity index (χ1) is 15.4. The lowest BCUT2D eigenvalue weighted by Crippen LogP contribution is -2.41. The van der Waals surface area contributed by atoms with Gasteiger partial charge in [-0.2, -0.15) is 13.2 Å². The van der Waals surface area contributed by atoms with Crippen molar-refractivity contribution in [2.45, 2.75) is 25.6 Å². The largest absolute Gasteiger partial charge is 0.492 e. The van der Waals surface area contributed by atoms with E-state index in [1.807, 2.05) is 78.9 Å². The zero-order valence-corrected chi connectivity index (χ0v) is 18.0. The molecule has 3 nitrogen and oxygen atoms in total. The number of nitrogens with zero attached hydrogens (tertiary/aromatic N) is 1. The fourth-order valence-electron chi connectivity index (χ4n) is 3.19. The molecule has 0 saturated carbocycles. The summed E-state index contributed by atoms with van der Waals surface area (Å²) in [4.78, 5) is 4.87. The van der Waals surface area contributed by atoms with Gasteiger partial charge in [0, 0.05) is 24.2 Å². The van der Waals surface area contributed by atoms with Crippen LogP contribution < -0.4 is 10.1 Å². The van der Waals surface area contributed by atoms with Gasteiger partial charge in [-0.1, -0.05) is 72.8 Å². The Morgan fingerprint density at radius 2 is 1.53 bits per heavy atom.